The lowest BCUT2D eigenvalue weighted by Gasteiger charge is -2.34. The third-order valence-electron chi connectivity index (χ3n) is 2.80. The summed E-state index contributed by atoms with van der Waals surface area (Å²) in [6.07, 6.45) is 5.53. The number of amides is 1. The highest BCUT2D eigenvalue weighted by Crippen LogP contribution is 2.33. The van der Waals surface area contributed by atoms with Crippen molar-refractivity contribution in [2.24, 2.45) is 5.92 Å². The van der Waals surface area contributed by atoms with E-state index >= 15 is 0 Å². The van der Waals surface area contributed by atoms with Gasteiger partial charge < -0.3 is 4.90 Å². The first-order chi connectivity index (χ1) is 7.16. The molecule has 1 aromatic heterocycles. The summed E-state index contributed by atoms with van der Waals surface area (Å²) in [5.41, 5.74) is 0.632. The summed E-state index contributed by atoms with van der Waals surface area (Å²) in [4.78, 5) is 14.2. The standard InChI is InChI=1S/C10H14BrN3O/c1-14(6-7-2-9(11)3-7)10(15)8-4-12-13-5-8/h4-5,7,9H,2-3,6H2,1H3,(H,12,13). The van der Waals surface area contributed by atoms with Gasteiger partial charge in [-0.1, -0.05) is 15.9 Å². The minimum atomic E-state index is 0.0433. The van der Waals surface area contributed by atoms with E-state index < -0.39 is 0 Å². The van der Waals surface area contributed by atoms with Crippen molar-refractivity contribution >= 4 is 21.8 Å². The van der Waals surface area contributed by atoms with E-state index in [0.717, 1.165) is 6.54 Å². The number of H-pyrrole nitrogens is 1. The molecule has 1 amide bonds. The van der Waals surface area contributed by atoms with Crippen molar-refractivity contribution in [2.75, 3.05) is 13.6 Å². The van der Waals surface area contributed by atoms with Crippen LogP contribution < -0.4 is 0 Å². The normalized spacial score (nSPS) is 24.7. The van der Waals surface area contributed by atoms with Crippen LogP contribution in [-0.2, 0) is 0 Å². The highest BCUT2D eigenvalue weighted by Gasteiger charge is 2.29. The van der Waals surface area contributed by atoms with Crippen molar-refractivity contribution in [2.45, 2.75) is 17.7 Å². The van der Waals surface area contributed by atoms with Crippen LogP contribution in [0.2, 0.25) is 0 Å². The predicted molar refractivity (Wildman–Crippen MR) is 61.0 cm³/mol. The lowest BCUT2D eigenvalue weighted by atomic mass is 9.85. The van der Waals surface area contributed by atoms with E-state index in [0.29, 0.717) is 16.3 Å². The van der Waals surface area contributed by atoms with Gasteiger partial charge in [-0.2, -0.15) is 5.10 Å². The molecule has 0 aliphatic heterocycles. The lowest BCUT2D eigenvalue weighted by molar-refractivity contribution is 0.0749. The van der Waals surface area contributed by atoms with Gasteiger partial charge in [-0.05, 0) is 18.8 Å². The Bertz CT molecular complexity index is 332. The number of aromatic nitrogens is 2. The number of nitrogens with one attached hydrogen (secondary N) is 1. The van der Waals surface area contributed by atoms with Gasteiger partial charge in [-0.3, -0.25) is 9.89 Å². The lowest BCUT2D eigenvalue weighted by Crippen LogP contribution is -2.37. The first-order valence-corrected chi connectivity index (χ1v) is 5.96. The summed E-state index contributed by atoms with van der Waals surface area (Å²) in [7, 11) is 1.84. The van der Waals surface area contributed by atoms with E-state index in [1.807, 2.05) is 7.05 Å². The number of hydrogen-bond acceptors (Lipinski definition) is 2. The number of alkyl halides is 1. The Balaban J connectivity index is 1.86. The number of rotatable bonds is 3. The molecule has 0 atom stereocenters. The van der Waals surface area contributed by atoms with Crippen LogP contribution in [0.3, 0.4) is 0 Å². The second kappa shape index (κ2) is 4.35. The molecule has 2 rings (SSSR count). The van der Waals surface area contributed by atoms with E-state index in [9.17, 15) is 4.79 Å². The average molecular weight is 272 g/mol. The number of carbonyl (C=O) groups excluding carboxylic acids is 1. The first-order valence-electron chi connectivity index (χ1n) is 5.05. The van der Waals surface area contributed by atoms with Gasteiger partial charge in [0.1, 0.15) is 0 Å². The Labute approximate surface area is 97.2 Å². The maximum absolute atomic E-state index is 11.8. The third kappa shape index (κ3) is 2.40. The van der Waals surface area contributed by atoms with Crippen molar-refractivity contribution in [3.05, 3.63) is 18.0 Å². The first kappa shape index (κ1) is 10.7. The molecular formula is C10H14BrN3O. The fourth-order valence-electron chi connectivity index (χ4n) is 1.86. The van der Waals surface area contributed by atoms with Crippen molar-refractivity contribution in [1.82, 2.24) is 15.1 Å². The van der Waals surface area contributed by atoms with E-state index in [-0.39, 0.29) is 5.91 Å². The Morgan fingerprint density at radius 1 is 1.73 bits per heavy atom. The topological polar surface area (TPSA) is 49.0 Å². The van der Waals surface area contributed by atoms with Crippen molar-refractivity contribution in [1.29, 1.82) is 0 Å². The maximum Gasteiger partial charge on any atom is 0.256 e. The van der Waals surface area contributed by atoms with E-state index in [1.165, 1.54) is 12.8 Å². The molecule has 0 spiro atoms. The van der Waals surface area contributed by atoms with Crippen molar-refractivity contribution < 1.29 is 4.79 Å². The number of hydrogen-bond donors (Lipinski definition) is 1. The zero-order valence-electron chi connectivity index (χ0n) is 8.61. The summed E-state index contributed by atoms with van der Waals surface area (Å²) in [6.45, 7) is 0.839. The molecule has 0 unspecified atom stereocenters. The van der Waals surface area contributed by atoms with Crippen LogP contribution in [-0.4, -0.2) is 39.4 Å². The molecule has 1 aliphatic carbocycles. The zero-order chi connectivity index (χ0) is 10.8. The fourth-order valence-corrected chi connectivity index (χ4v) is 2.92. The molecule has 5 heteroatoms. The fraction of sp³-hybridized carbons (Fsp3) is 0.600. The number of carbonyl (C=O) groups is 1. The minimum Gasteiger partial charge on any atom is -0.341 e. The van der Waals surface area contributed by atoms with E-state index in [2.05, 4.69) is 26.1 Å². The Hall–Kier alpha value is -0.840. The van der Waals surface area contributed by atoms with Crippen LogP contribution in [0.4, 0.5) is 0 Å². The second-order valence-corrected chi connectivity index (χ2v) is 5.40. The van der Waals surface area contributed by atoms with Gasteiger partial charge in [-0.25, -0.2) is 0 Å². The molecule has 1 N–H and O–H groups in total. The van der Waals surface area contributed by atoms with Gasteiger partial charge in [0.05, 0.1) is 11.8 Å². The third-order valence-corrected chi connectivity index (χ3v) is 3.55. The number of halogens is 1. The predicted octanol–water partition coefficient (Wildman–Crippen LogP) is 1.66. The molecular weight excluding hydrogens is 258 g/mol. The van der Waals surface area contributed by atoms with Crippen molar-refractivity contribution in [3.63, 3.8) is 0 Å². The van der Waals surface area contributed by atoms with Crippen LogP contribution in [0, 0.1) is 5.92 Å². The molecule has 1 saturated carbocycles. The highest BCUT2D eigenvalue weighted by molar-refractivity contribution is 9.09. The average Bonchev–Trinajstić information content (AvgIpc) is 2.66. The molecule has 1 aliphatic rings. The van der Waals surface area contributed by atoms with Gasteiger partial charge >= 0.3 is 0 Å². The Morgan fingerprint density at radius 2 is 2.47 bits per heavy atom. The summed E-state index contributed by atoms with van der Waals surface area (Å²) in [5, 5.41) is 6.42. The van der Waals surface area contributed by atoms with Crippen LogP contribution in [0.1, 0.15) is 23.2 Å². The maximum atomic E-state index is 11.8. The molecule has 1 aromatic rings. The Kier molecular flexibility index (Phi) is 3.09. The van der Waals surface area contributed by atoms with Crippen LogP contribution in [0.5, 0.6) is 0 Å². The highest BCUT2D eigenvalue weighted by atomic mass is 79.9. The molecule has 4 nitrogen and oxygen atoms in total. The van der Waals surface area contributed by atoms with Crippen molar-refractivity contribution in [3.8, 4) is 0 Å². The zero-order valence-corrected chi connectivity index (χ0v) is 10.2. The van der Waals surface area contributed by atoms with Crippen LogP contribution >= 0.6 is 15.9 Å². The Morgan fingerprint density at radius 3 is 3.00 bits per heavy atom. The summed E-state index contributed by atoms with van der Waals surface area (Å²) >= 11 is 3.55. The summed E-state index contributed by atoms with van der Waals surface area (Å²) < 4.78 is 0. The smallest absolute Gasteiger partial charge is 0.256 e. The largest absolute Gasteiger partial charge is 0.341 e. The molecule has 0 aromatic carbocycles. The van der Waals surface area contributed by atoms with Gasteiger partial charge in [0, 0.05) is 24.6 Å². The van der Waals surface area contributed by atoms with Gasteiger partial charge in [-0.15, -0.1) is 0 Å². The molecule has 1 heterocycles. The monoisotopic (exact) mass is 271 g/mol. The quantitative estimate of drug-likeness (QED) is 0.851. The molecule has 0 saturated heterocycles. The molecule has 15 heavy (non-hydrogen) atoms. The van der Waals surface area contributed by atoms with E-state index in [4.69, 9.17) is 0 Å². The number of aromatic amines is 1. The molecule has 1 fully saturated rings. The summed E-state index contributed by atoms with van der Waals surface area (Å²) in [5.74, 6) is 0.692. The molecule has 0 bridgehead atoms. The van der Waals surface area contributed by atoms with Gasteiger partial charge in [0.15, 0.2) is 0 Å². The van der Waals surface area contributed by atoms with Crippen LogP contribution in [0.15, 0.2) is 12.4 Å². The van der Waals surface area contributed by atoms with Crippen LogP contribution in [0.25, 0.3) is 0 Å². The minimum absolute atomic E-state index is 0.0433. The number of nitrogens with zero attached hydrogens (tertiary/aromatic N) is 2. The van der Waals surface area contributed by atoms with Gasteiger partial charge in [0.2, 0.25) is 0 Å². The molecule has 0 radical (unpaired) electrons. The summed E-state index contributed by atoms with van der Waals surface area (Å²) in [6, 6.07) is 0. The molecule has 82 valence electrons. The van der Waals surface area contributed by atoms with E-state index in [1.54, 1.807) is 17.3 Å². The second-order valence-electron chi connectivity index (χ2n) is 4.11. The SMILES string of the molecule is CN(CC1CC(Br)C1)C(=O)c1cn[nH]c1. The van der Waals surface area contributed by atoms with Gasteiger partial charge in [0.25, 0.3) is 5.91 Å².